The van der Waals surface area contributed by atoms with Gasteiger partial charge in [0.05, 0.1) is 7.11 Å². The topological polar surface area (TPSA) is 46.5 Å². The summed E-state index contributed by atoms with van der Waals surface area (Å²) in [5.41, 5.74) is 4.13. The summed E-state index contributed by atoms with van der Waals surface area (Å²) >= 11 is 0. The lowest BCUT2D eigenvalue weighted by atomic mass is 10.0. The number of benzene rings is 1. The van der Waals surface area contributed by atoms with Crippen LogP contribution in [-0.2, 0) is 13.6 Å². The lowest BCUT2D eigenvalue weighted by Gasteiger charge is -2.28. The molecule has 2 aliphatic rings. The SMILES string of the molecule is COc1cc(-c2cc(C)c(=O)n(C)c2)ccc1CN1CC2CC1CN2. The average molecular weight is 339 g/mol. The van der Waals surface area contributed by atoms with E-state index in [-0.39, 0.29) is 5.56 Å². The fourth-order valence-corrected chi connectivity index (χ4v) is 4.15. The van der Waals surface area contributed by atoms with Gasteiger partial charge in [0, 0.05) is 56.1 Å². The van der Waals surface area contributed by atoms with E-state index in [0.29, 0.717) is 12.1 Å². The Morgan fingerprint density at radius 2 is 2.12 bits per heavy atom. The van der Waals surface area contributed by atoms with Crippen LogP contribution in [0.4, 0.5) is 0 Å². The van der Waals surface area contributed by atoms with Gasteiger partial charge in [-0.2, -0.15) is 0 Å². The predicted molar refractivity (Wildman–Crippen MR) is 99.0 cm³/mol. The molecule has 2 atom stereocenters. The number of fused-ring (bicyclic) bond motifs is 2. The van der Waals surface area contributed by atoms with Crippen LogP contribution in [0.15, 0.2) is 35.3 Å². The summed E-state index contributed by atoms with van der Waals surface area (Å²) < 4.78 is 7.31. The lowest BCUT2D eigenvalue weighted by Crippen LogP contribution is -2.43. The molecule has 5 nitrogen and oxygen atoms in total. The highest BCUT2D eigenvalue weighted by molar-refractivity contribution is 5.66. The van der Waals surface area contributed by atoms with Gasteiger partial charge in [-0.15, -0.1) is 0 Å². The molecule has 2 aromatic rings. The van der Waals surface area contributed by atoms with Crippen molar-refractivity contribution >= 4 is 0 Å². The predicted octanol–water partition coefficient (Wildman–Crippen LogP) is 1.92. The van der Waals surface area contributed by atoms with Gasteiger partial charge in [-0.05, 0) is 36.6 Å². The monoisotopic (exact) mass is 339 g/mol. The molecular weight excluding hydrogens is 314 g/mol. The molecule has 4 rings (SSSR count). The standard InChI is InChI=1S/C20H25N3O2/c1-13-6-16(10-22(2)20(13)24)14-4-5-15(19(7-14)25-3)11-23-12-17-8-18(23)9-21-17/h4-7,10,17-18,21H,8-9,11-12H2,1-3H3. The van der Waals surface area contributed by atoms with Crippen molar-refractivity contribution in [3.05, 3.63) is 51.9 Å². The largest absolute Gasteiger partial charge is 0.496 e. The maximum atomic E-state index is 11.9. The van der Waals surface area contributed by atoms with Crippen molar-refractivity contribution in [2.24, 2.45) is 7.05 Å². The molecule has 1 aromatic heterocycles. The van der Waals surface area contributed by atoms with E-state index in [1.54, 1.807) is 18.7 Å². The Labute approximate surface area is 148 Å². The Balaban J connectivity index is 1.62. The summed E-state index contributed by atoms with van der Waals surface area (Å²) in [6.45, 7) is 5.00. The number of hydrogen-bond donors (Lipinski definition) is 1. The van der Waals surface area contributed by atoms with E-state index in [1.807, 2.05) is 19.2 Å². The lowest BCUT2D eigenvalue weighted by molar-refractivity contribution is 0.215. The number of aromatic nitrogens is 1. The number of nitrogens with one attached hydrogen (secondary N) is 1. The van der Waals surface area contributed by atoms with Gasteiger partial charge >= 0.3 is 0 Å². The number of nitrogens with zero attached hydrogens (tertiary/aromatic N) is 2. The van der Waals surface area contributed by atoms with Crippen LogP contribution in [0.5, 0.6) is 5.75 Å². The summed E-state index contributed by atoms with van der Waals surface area (Å²) in [6.07, 6.45) is 3.15. The zero-order chi connectivity index (χ0) is 17.6. The number of ether oxygens (including phenoxy) is 1. The van der Waals surface area contributed by atoms with Gasteiger partial charge in [-0.25, -0.2) is 0 Å². The summed E-state index contributed by atoms with van der Waals surface area (Å²) in [5, 5.41) is 3.55. The zero-order valence-corrected chi connectivity index (χ0v) is 15.1. The quantitative estimate of drug-likeness (QED) is 0.924. The summed E-state index contributed by atoms with van der Waals surface area (Å²) in [7, 11) is 3.52. The first kappa shape index (κ1) is 16.4. The number of rotatable bonds is 4. The van der Waals surface area contributed by atoms with Crippen LogP contribution in [0, 0.1) is 6.92 Å². The normalized spacial score (nSPS) is 22.5. The van der Waals surface area contributed by atoms with Crippen LogP contribution >= 0.6 is 0 Å². The van der Waals surface area contributed by atoms with Gasteiger partial charge in [0.15, 0.2) is 0 Å². The van der Waals surface area contributed by atoms with Gasteiger partial charge in [-0.1, -0.05) is 12.1 Å². The maximum absolute atomic E-state index is 11.9. The van der Waals surface area contributed by atoms with Crippen LogP contribution in [0.2, 0.25) is 0 Å². The molecule has 25 heavy (non-hydrogen) atoms. The number of likely N-dealkylation sites (tertiary alicyclic amines) is 1. The van der Waals surface area contributed by atoms with E-state index in [1.165, 1.54) is 12.0 Å². The van der Waals surface area contributed by atoms with Crippen molar-refractivity contribution in [2.45, 2.75) is 32.0 Å². The number of aryl methyl sites for hydroxylation is 2. The van der Waals surface area contributed by atoms with Crippen LogP contribution in [0.25, 0.3) is 11.1 Å². The molecule has 0 amide bonds. The molecule has 2 saturated heterocycles. The minimum absolute atomic E-state index is 0.0463. The highest BCUT2D eigenvalue weighted by Crippen LogP contribution is 2.31. The van der Waals surface area contributed by atoms with Gasteiger partial charge in [0.25, 0.3) is 5.56 Å². The fourth-order valence-electron chi connectivity index (χ4n) is 4.15. The third-order valence-electron chi connectivity index (χ3n) is 5.53. The second-order valence-corrected chi connectivity index (χ2v) is 7.28. The Morgan fingerprint density at radius 1 is 1.28 bits per heavy atom. The Hall–Kier alpha value is -2.11. The first-order chi connectivity index (χ1) is 12.0. The zero-order valence-electron chi connectivity index (χ0n) is 15.1. The highest BCUT2D eigenvalue weighted by Gasteiger charge is 2.37. The molecule has 5 heteroatoms. The summed E-state index contributed by atoms with van der Waals surface area (Å²) in [4.78, 5) is 14.5. The van der Waals surface area contributed by atoms with E-state index in [2.05, 4.69) is 28.4 Å². The molecule has 2 unspecified atom stereocenters. The molecule has 0 radical (unpaired) electrons. The van der Waals surface area contributed by atoms with Crippen molar-refractivity contribution in [1.82, 2.24) is 14.8 Å². The van der Waals surface area contributed by atoms with Gasteiger partial charge < -0.3 is 14.6 Å². The van der Waals surface area contributed by atoms with Crippen molar-refractivity contribution in [2.75, 3.05) is 20.2 Å². The van der Waals surface area contributed by atoms with Gasteiger partial charge in [0.1, 0.15) is 5.75 Å². The third-order valence-corrected chi connectivity index (χ3v) is 5.53. The third kappa shape index (κ3) is 2.98. The van der Waals surface area contributed by atoms with Crippen LogP contribution in [0.3, 0.4) is 0 Å². The van der Waals surface area contributed by atoms with Gasteiger partial charge in [0.2, 0.25) is 0 Å². The molecule has 2 bridgehead atoms. The van der Waals surface area contributed by atoms with Crippen LogP contribution in [-0.4, -0.2) is 41.8 Å². The van der Waals surface area contributed by atoms with Crippen LogP contribution < -0.4 is 15.6 Å². The Bertz CT molecular complexity index is 832. The maximum Gasteiger partial charge on any atom is 0.253 e. The summed E-state index contributed by atoms with van der Waals surface area (Å²) in [5.74, 6) is 0.916. The Morgan fingerprint density at radius 3 is 2.76 bits per heavy atom. The molecule has 1 aromatic carbocycles. The molecule has 132 valence electrons. The molecular formula is C20H25N3O2. The van der Waals surface area contributed by atoms with Crippen molar-refractivity contribution in [3.8, 4) is 16.9 Å². The first-order valence-electron chi connectivity index (χ1n) is 8.87. The number of hydrogen-bond acceptors (Lipinski definition) is 4. The van der Waals surface area contributed by atoms with Crippen molar-refractivity contribution in [3.63, 3.8) is 0 Å². The molecule has 3 heterocycles. The Kier molecular flexibility index (Phi) is 4.13. The minimum Gasteiger partial charge on any atom is -0.496 e. The van der Waals surface area contributed by atoms with Gasteiger partial charge in [-0.3, -0.25) is 9.69 Å². The molecule has 2 fully saturated rings. The van der Waals surface area contributed by atoms with Crippen LogP contribution in [0.1, 0.15) is 17.5 Å². The summed E-state index contributed by atoms with van der Waals surface area (Å²) in [6, 6.07) is 9.63. The first-order valence-corrected chi connectivity index (χ1v) is 8.87. The second-order valence-electron chi connectivity index (χ2n) is 7.28. The smallest absolute Gasteiger partial charge is 0.253 e. The van der Waals surface area contributed by atoms with Crippen molar-refractivity contribution < 1.29 is 4.74 Å². The highest BCUT2D eigenvalue weighted by atomic mass is 16.5. The van der Waals surface area contributed by atoms with E-state index < -0.39 is 0 Å². The molecule has 0 spiro atoms. The molecule has 2 aliphatic heterocycles. The number of pyridine rings is 1. The molecule has 0 saturated carbocycles. The number of methoxy groups -OCH3 is 1. The second kappa shape index (κ2) is 6.32. The minimum atomic E-state index is 0.0463. The molecule has 0 aliphatic carbocycles. The van der Waals surface area contributed by atoms with E-state index >= 15 is 0 Å². The fraction of sp³-hybridized carbons (Fsp3) is 0.450. The van der Waals surface area contributed by atoms with E-state index in [0.717, 1.165) is 42.1 Å². The average Bonchev–Trinajstić information content (AvgIpc) is 3.22. The van der Waals surface area contributed by atoms with E-state index in [9.17, 15) is 4.79 Å². The molecule has 1 N–H and O–H groups in total. The number of piperazine rings is 1. The van der Waals surface area contributed by atoms with Crippen molar-refractivity contribution in [1.29, 1.82) is 0 Å². The van der Waals surface area contributed by atoms with E-state index in [4.69, 9.17) is 4.74 Å².